The number of quaternary nitrogens is 1. The van der Waals surface area contributed by atoms with Gasteiger partial charge in [0, 0.05) is 14.2 Å². The minimum atomic E-state index is -0.306. The maximum Gasteiger partial charge on any atom is 0.209 e. The summed E-state index contributed by atoms with van der Waals surface area (Å²) in [6.45, 7) is 0.410. The molecular formula is C4H12NO3+. The lowest BCUT2D eigenvalue weighted by atomic mass is 10.6. The van der Waals surface area contributed by atoms with Gasteiger partial charge in [0.05, 0.1) is 0 Å². The molecule has 0 radical (unpaired) electrons. The molecule has 0 heterocycles. The quantitative estimate of drug-likeness (QED) is 0.354. The van der Waals surface area contributed by atoms with Crippen molar-refractivity contribution in [2.24, 2.45) is 0 Å². The Balaban J connectivity index is 3.07. The van der Waals surface area contributed by atoms with Crippen molar-refractivity contribution < 1.29 is 20.2 Å². The lowest BCUT2D eigenvalue weighted by Gasteiger charge is -2.07. The van der Waals surface area contributed by atoms with Gasteiger partial charge in [-0.15, -0.1) is 0 Å². The summed E-state index contributed by atoms with van der Waals surface area (Å²) in [6, 6.07) is 0. The summed E-state index contributed by atoms with van der Waals surface area (Å²) in [5, 5.41) is 8.21. The van der Waals surface area contributed by atoms with E-state index in [0.29, 0.717) is 6.54 Å². The third kappa shape index (κ3) is 2.92. The molecule has 3 N–H and O–H groups in total. The van der Waals surface area contributed by atoms with Crippen LogP contribution < -0.4 is 5.48 Å². The van der Waals surface area contributed by atoms with Gasteiger partial charge in [-0.3, -0.25) is 0 Å². The molecule has 0 aliphatic rings. The molecule has 50 valence electrons. The average molecular weight is 122 g/mol. The maximum absolute atomic E-state index is 8.21. The Bertz CT molecular complexity index is 46.5. The third-order valence-electron chi connectivity index (χ3n) is 0.824. The number of methoxy groups -OCH3 is 2. The predicted molar refractivity (Wildman–Crippen MR) is 26.4 cm³/mol. The molecule has 0 bridgehead atoms. The second kappa shape index (κ2) is 4.99. The van der Waals surface area contributed by atoms with Crippen molar-refractivity contribution in [1.29, 1.82) is 0 Å². The van der Waals surface area contributed by atoms with Gasteiger partial charge in [0.15, 0.2) is 6.54 Å². The minimum Gasteiger partial charge on any atom is -0.351 e. The first kappa shape index (κ1) is 7.84. The molecule has 0 rings (SSSR count). The summed E-state index contributed by atoms with van der Waals surface area (Å²) >= 11 is 0. The van der Waals surface area contributed by atoms with Crippen LogP contribution in [0.3, 0.4) is 0 Å². The molecule has 0 saturated carbocycles. The lowest BCUT2D eigenvalue weighted by Crippen LogP contribution is -2.83. The van der Waals surface area contributed by atoms with Crippen molar-refractivity contribution in [3.05, 3.63) is 0 Å². The lowest BCUT2D eigenvalue weighted by molar-refractivity contribution is -0.892. The fourth-order valence-electron chi connectivity index (χ4n) is 0.375. The summed E-state index contributed by atoms with van der Waals surface area (Å²) in [5.74, 6) is 0. The van der Waals surface area contributed by atoms with Crippen LogP contribution in [-0.4, -0.2) is 32.3 Å². The molecule has 0 fully saturated rings. The summed E-state index contributed by atoms with van der Waals surface area (Å²) < 4.78 is 9.45. The Labute approximate surface area is 48.4 Å². The summed E-state index contributed by atoms with van der Waals surface area (Å²) in [6.07, 6.45) is -0.306. The summed E-state index contributed by atoms with van der Waals surface area (Å²) in [4.78, 5) is 0. The van der Waals surface area contributed by atoms with Crippen LogP contribution >= 0.6 is 0 Å². The minimum absolute atomic E-state index is 0.306. The highest BCUT2D eigenvalue weighted by atomic mass is 16.7. The SMILES string of the molecule is COC(C[NH2+]O)OC. The fourth-order valence-corrected chi connectivity index (χ4v) is 0.375. The van der Waals surface area contributed by atoms with Gasteiger partial charge in [-0.1, -0.05) is 0 Å². The Morgan fingerprint density at radius 3 is 2.12 bits per heavy atom. The van der Waals surface area contributed by atoms with Crippen molar-refractivity contribution in [3.8, 4) is 0 Å². The molecule has 0 aliphatic carbocycles. The van der Waals surface area contributed by atoms with E-state index in [-0.39, 0.29) is 6.29 Å². The van der Waals surface area contributed by atoms with E-state index in [9.17, 15) is 0 Å². The number of hydroxylamine groups is 1. The predicted octanol–water partition coefficient (Wildman–Crippen LogP) is -1.44. The Morgan fingerprint density at radius 2 is 2.00 bits per heavy atom. The van der Waals surface area contributed by atoms with Gasteiger partial charge in [-0.05, 0) is 0 Å². The zero-order valence-electron chi connectivity index (χ0n) is 5.13. The largest absolute Gasteiger partial charge is 0.351 e. The van der Waals surface area contributed by atoms with Crippen LogP contribution in [0.2, 0.25) is 0 Å². The van der Waals surface area contributed by atoms with Gasteiger partial charge < -0.3 is 9.47 Å². The van der Waals surface area contributed by atoms with Crippen LogP contribution in [0, 0.1) is 0 Å². The van der Waals surface area contributed by atoms with E-state index in [1.165, 1.54) is 14.2 Å². The molecule has 0 aliphatic heterocycles. The van der Waals surface area contributed by atoms with E-state index in [1.807, 2.05) is 0 Å². The molecule has 0 aromatic rings. The van der Waals surface area contributed by atoms with Crippen LogP contribution in [0.1, 0.15) is 0 Å². The fraction of sp³-hybridized carbons (Fsp3) is 1.00. The number of rotatable bonds is 4. The van der Waals surface area contributed by atoms with Crippen molar-refractivity contribution in [1.82, 2.24) is 0 Å². The van der Waals surface area contributed by atoms with Gasteiger partial charge >= 0.3 is 0 Å². The van der Waals surface area contributed by atoms with Gasteiger partial charge in [0.1, 0.15) is 0 Å². The van der Waals surface area contributed by atoms with Crippen LogP contribution in [-0.2, 0) is 9.47 Å². The molecule has 8 heavy (non-hydrogen) atoms. The third-order valence-corrected chi connectivity index (χ3v) is 0.824. The van der Waals surface area contributed by atoms with E-state index >= 15 is 0 Å². The topological polar surface area (TPSA) is 55.3 Å². The second-order valence-electron chi connectivity index (χ2n) is 1.32. The van der Waals surface area contributed by atoms with Crippen LogP contribution in [0.15, 0.2) is 0 Å². The number of hydrogen-bond acceptors (Lipinski definition) is 3. The maximum atomic E-state index is 8.21. The highest BCUT2D eigenvalue weighted by molar-refractivity contribution is 4.29. The molecule has 4 nitrogen and oxygen atoms in total. The second-order valence-corrected chi connectivity index (χ2v) is 1.32. The van der Waals surface area contributed by atoms with Gasteiger partial charge in [-0.25, -0.2) is 5.21 Å². The summed E-state index contributed by atoms with van der Waals surface area (Å²) in [7, 11) is 3.05. The van der Waals surface area contributed by atoms with Crippen molar-refractivity contribution in [2.45, 2.75) is 6.29 Å². The zero-order valence-corrected chi connectivity index (χ0v) is 5.13. The van der Waals surface area contributed by atoms with Crippen LogP contribution in [0.25, 0.3) is 0 Å². The smallest absolute Gasteiger partial charge is 0.209 e. The van der Waals surface area contributed by atoms with Crippen LogP contribution in [0.5, 0.6) is 0 Å². The Morgan fingerprint density at radius 1 is 1.50 bits per heavy atom. The molecule has 0 amide bonds. The zero-order chi connectivity index (χ0) is 6.41. The van der Waals surface area contributed by atoms with Crippen molar-refractivity contribution in [2.75, 3.05) is 20.8 Å². The van der Waals surface area contributed by atoms with E-state index in [1.54, 1.807) is 0 Å². The molecular weight excluding hydrogens is 110 g/mol. The highest BCUT2D eigenvalue weighted by Gasteiger charge is 2.04. The Hall–Kier alpha value is -0.160. The first-order valence-electron chi connectivity index (χ1n) is 2.36. The van der Waals surface area contributed by atoms with E-state index in [2.05, 4.69) is 0 Å². The van der Waals surface area contributed by atoms with Crippen molar-refractivity contribution in [3.63, 3.8) is 0 Å². The molecule has 0 saturated heterocycles. The van der Waals surface area contributed by atoms with E-state index in [4.69, 9.17) is 14.7 Å². The first-order chi connectivity index (χ1) is 3.85. The standard InChI is InChI=1S/C4H11NO3/c1-7-4(8-2)3-5-6/h4-6H,3H2,1-2H3/p+1. The average Bonchev–Trinajstić information content (AvgIpc) is 1.83. The summed E-state index contributed by atoms with van der Waals surface area (Å²) in [5.41, 5.74) is 1.01. The monoisotopic (exact) mass is 122 g/mol. The normalized spacial score (nSPS) is 10.5. The molecule has 0 spiro atoms. The first-order valence-corrected chi connectivity index (χ1v) is 2.36. The van der Waals surface area contributed by atoms with Gasteiger partial charge in [-0.2, -0.15) is 5.48 Å². The van der Waals surface area contributed by atoms with E-state index in [0.717, 1.165) is 5.48 Å². The van der Waals surface area contributed by atoms with Gasteiger partial charge in [0.2, 0.25) is 6.29 Å². The van der Waals surface area contributed by atoms with Gasteiger partial charge in [0.25, 0.3) is 0 Å². The molecule has 0 atom stereocenters. The molecule has 0 aromatic carbocycles. The number of hydrogen-bond donors (Lipinski definition) is 2. The highest BCUT2D eigenvalue weighted by Crippen LogP contribution is 1.82. The Kier molecular flexibility index (Phi) is 4.89. The van der Waals surface area contributed by atoms with Crippen molar-refractivity contribution >= 4 is 0 Å². The van der Waals surface area contributed by atoms with Crippen LogP contribution in [0.4, 0.5) is 0 Å². The van der Waals surface area contributed by atoms with E-state index < -0.39 is 0 Å². The number of nitrogens with two attached hydrogens (primary N) is 1. The molecule has 0 unspecified atom stereocenters. The number of ether oxygens (including phenoxy) is 2. The molecule has 4 heteroatoms. The molecule has 0 aromatic heterocycles.